The monoisotopic (exact) mass is 265 g/mol. The van der Waals surface area contributed by atoms with Gasteiger partial charge in [0, 0.05) is 6.54 Å². The summed E-state index contributed by atoms with van der Waals surface area (Å²) in [7, 11) is 0. The summed E-state index contributed by atoms with van der Waals surface area (Å²) in [4.78, 5) is 24.9. The molecule has 104 valence electrons. The van der Waals surface area contributed by atoms with Gasteiger partial charge in [0.05, 0.1) is 24.4 Å². The average Bonchev–Trinajstić information content (AvgIpc) is 2.38. The Morgan fingerprint density at radius 1 is 1.37 bits per heavy atom. The van der Waals surface area contributed by atoms with Gasteiger partial charge in [-0.2, -0.15) is 0 Å². The van der Waals surface area contributed by atoms with Crippen molar-refractivity contribution in [1.29, 1.82) is 0 Å². The first-order valence-corrected chi connectivity index (χ1v) is 6.10. The van der Waals surface area contributed by atoms with Crippen molar-refractivity contribution >= 4 is 17.5 Å². The van der Waals surface area contributed by atoms with E-state index in [4.69, 9.17) is 10.8 Å². The molecule has 0 unspecified atom stereocenters. The van der Waals surface area contributed by atoms with Gasteiger partial charge >= 0.3 is 0 Å². The van der Waals surface area contributed by atoms with Crippen LogP contribution in [0.5, 0.6) is 0 Å². The number of nitrogens with two attached hydrogens (primary N) is 1. The number of likely N-dealkylation sites (N-methyl/N-ethyl adjacent to an activating group) is 1. The zero-order valence-electron chi connectivity index (χ0n) is 10.9. The third kappa shape index (κ3) is 4.69. The lowest BCUT2D eigenvalue weighted by Crippen LogP contribution is -2.35. The normalized spacial score (nSPS) is 10.5. The molecule has 19 heavy (non-hydrogen) atoms. The Bertz CT molecular complexity index is 449. The number of anilines is 1. The molecule has 0 aliphatic carbocycles. The van der Waals surface area contributed by atoms with Crippen LogP contribution in [-0.4, -0.2) is 48.1 Å². The number of aliphatic hydroxyl groups excluding tert-OH is 1. The topological polar surface area (TPSA) is 95.7 Å². The van der Waals surface area contributed by atoms with Crippen molar-refractivity contribution in [2.45, 2.75) is 6.92 Å². The predicted molar refractivity (Wildman–Crippen MR) is 72.8 cm³/mol. The van der Waals surface area contributed by atoms with E-state index in [2.05, 4.69) is 5.32 Å². The van der Waals surface area contributed by atoms with Gasteiger partial charge < -0.3 is 16.2 Å². The number of nitrogens with zero attached hydrogens (tertiary/aromatic N) is 1. The van der Waals surface area contributed by atoms with Gasteiger partial charge in [0.1, 0.15) is 0 Å². The van der Waals surface area contributed by atoms with Gasteiger partial charge in [0.2, 0.25) is 5.91 Å². The Kier molecular flexibility index (Phi) is 5.98. The van der Waals surface area contributed by atoms with Gasteiger partial charge in [0.25, 0.3) is 5.91 Å². The first-order chi connectivity index (χ1) is 9.08. The number of amides is 2. The van der Waals surface area contributed by atoms with E-state index in [-0.39, 0.29) is 24.6 Å². The lowest BCUT2D eigenvalue weighted by Gasteiger charge is -2.18. The van der Waals surface area contributed by atoms with Gasteiger partial charge in [0.15, 0.2) is 0 Å². The number of rotatable bonds is 7. The minimum absolute atomic E-state index is 0.000999. The maximum absolute atomic E-state index is 11.8. The molecule has 0 saturated heterocycles. The Balaban J connectivity index is 2.69. The van der Waals surface area contributed by atoms with Crippen molar-refractivity contribution in [2.24, 2.45) is 5.73 Å². The molecule has 6 heteroatoms. The summed E-state index contributed by atoms with van der Waals surface area (Å²) in [5, 5.41) is 11.5. The molecule has 6 nitrogen and oxygen atoms in total. The number of nitrogens with one attached hydrogen (secondary N) is 1. The highest BCUT2D eigenvalue weighted by molar-refractivity contribution is 6.03. The van der Waals surface area contributed by atoms with E-state index in [1.54, 1.807) is 29.2 Å². The van der Waals surface area contributed by atoms with Crippen LogP contribution in [0.15, 0.2) is 24.3 Å². The highest BCUT2D eigenvalue weighted by Gasteiger charge is 2.12. The second-order valence-electron chi connectivity index (χ2n) is 4.05. The van der Waals surface area contributed by atoms with Crippen LogP contribution in [0.3, 0.4) is 0 Å². The van der Waals surface area contributed by atoms with E-state index in [0.717, 1.165) is 0 Å². The molecule has 0 radical (unpaired) electrons. The van der Waals surface area contributed by atoms with Gasteiger partial charge in [-0.3, -0.25) is 14.5 Å². The van der Waals surface area contributed by atoms with Crippen molar-refractivity contribution in [2.75, 3.05) is 31.6 Å². The quantitative estimate of drug-likeness (QED) is 0.648. The smallest absolute Gasteiger partial charge is 0.250 e. The molecular formula is C13H19N3O3. The molecular weight excluding hydrogens is 246 g/mol. The Labute approximate surface area is 112 Å². The van der Waals surface area contributed by atoms with E-state index < -0.39 is 5.91 Å². The second kappa shape index (κ2) is 7.50. The van der Waals surface area contributed by atoms with Crippen molar-refractivity contribution in [3.63, 3.8) is 0 Å². The van der Waals surface area contributed by atoms with Gasteiger partial charge in [-0.15, -0.1) is 0 Å². The highest BCUT2D eigenvalue weighted by Crippen LogP contribution is 2.14. The zero-order valence-corrected chi connectivity index (χ0v) is 10.9. The van der Waals surface area contributed by atoms with Crippen LogP contribution < -0.4 is 11.1 Å². The molecule has 2 amide bonds. The molecule has 0 aliphatic heterocycles. The van der Waals surface area contributed by atoms with Gasteiger partial charge in [-0.25, -0.2) is 0 Å². The van der Waals surface area contributed by atoms with Crippen molar-refractivity contribution in [3.8, 4) is 0 Å². The van der Waals surface area contributed by atoms with Gasteiger partial charge in [-0.1, -0.05) is 19.1 Å². The number of carbonyl (C=O) groups excluding carboxylic acids is 2. The van der Waals surface area contributed by atoms with Crippen LogP contribution in [0.1, 0.15) is 17.3 Å². The molecule has 0 heterocycles. The third-order valence-electron chi connectivity index (χ3n) is 2.70. The SMILES string of the molecule is CCN(CCO)CC(=O)Nc1ccccc1C(N)=O. The number of aliphatic hydroxyl groups is 1. The molecule has 0 bridgehead atoms. The van der Waals surface area contributed by atoms with Crippen LogP contribution in [0.2, 0.25) is 0 Å². The Morgan fingerprint density at radius 2 is 2.05 bits per heavy atom. The standard InChI is InChI=1S/C13H19N3O3/c1-2-16(7-8-17)9-12(18)15-11-6-4-3-5-10(11)13(14)19/h3-6,17H,2,7-9H2,1H3,(H2,14,19)(H,15,18). The third-order valence-corrected chi connectivity index (χ3v) is 2.70. The molecule has 1 aromatic rings. The zero-order chi connectivity index (χ0) is 14.3. The van der Waals surface area contributed by atoms with Crippen LogP contribution in [0.4, 0.5) is 5.69 Å². The summed E-state index contributed by atoms with van der Waals surface area (Å²) >= 11 is 0. The van der Waals surface area contributed by atoms with E-state index in [9.17, 15) is 9.59 Å². The van der Waals surface area contributed by atoms with E-state index in [1.807, 2.05) is 6.92 Å². The molecule has 0 saturated carbocycles. The molecule has 0 spiro atoms. The van der Waals surface area contributed by atoms with Crippen LogP contribution in [-0.2, 0) is 4.79 Å². The molecule has 0 aliphatic rings. The number of carbonyl (C=O) groups is 2. The van der Waals surface area contributed by atoms with Crippen LogP contribution in [0, 0.1) is 0 Å². The fraction of sp³-hybridized carbons (Fsp3) is 0.385. The summed E-state index contributed by atoms with van der Waals surface area (Å²) in [6.07, 6.45) is 0. The predicted octanol–water partition coefficient (Wildman–Crippen LogP) is 0.0382. The van der Waals surface area contributed by atoms with Gasteiger partial charge in [-0.05, 0) is 18.7 Å². The number of primary amides is 1. The summed E-state index contributed by atoms with van der Waals surface area (Å²) in [6.45, 7) is 3.15. The van der Waals surface area contributed by atoms with Crippen molar-refractivity contribution < 1.29 is 14.7 Å². The number of para-hydroxylation sites is 1. The van der Waals surface area contributed by atoms with Crippen LogP contribution >= 0.6 is 0 Å². The lowest BCUT2D eigenvalue weighted by atomic mass is 10.1. The average molecular weight is 265 g/mol. The summed E-state index contributed by atoms with van der Waals surface area (Å²) < 4.78 is 0. The van der Waals surface area contributed by atoms with Crippen molar-refractivity contribution in [1.82, 2.24) is 4.90 Å². The summed E-state index contributed by atoms with van der Waals surface area (Å²) in [5.41, 5.74) is 5.91. The molecule has 0 atom stereocenters. The fourth-order valence-electron chi connectivity index (χ4n) is 1.69. The molecule has 4 N–H and O–H groups in total. The maximum Gasteiger partial charge on any atom is 0.250 e. The van der Waals surface area contributed by atoms with E-state index >= 15 is 0 Å². The molecule has 0 fully saturated rings. The molecule has 1 rings (SSSR count). The molecule has 0 aromatic heterocycles. The Morgan fingerprint density at radius 3 is 2.63 bits per heavy atom. The largest absolute Gasteiger partial charge is 0.395 e. The minimum atomic E-state index is -0.585. The first-order valence-electron chi connectivity index (χ1n) is 6.10. The highest BCUT2D eigenvalue weighted by atomic mass is 16.3. The van der Waals surface area contributed by atoms with Crippen LogP contribution in [0.25, 0.3) is 0 Å². The number of hydrogen-bond donors (Lipinski definition) is 3. The lowest BCUT2D eigenvalue weighted by molar-refractivity contribution is -0.117. The summed E-state index contributed by atoms with van der Waals surface area (Å²) in [6, 6.07) is 6.58. The van der Waals surface area contributed by atoms with Crippen molar-refractivity contribution in [3.05, 3.63) is 29.8 Å². The van der Waals surface area contributed by atoms with E-state index in [0.29, 0.717) is 18.8 Å². The maximum atomic E-state index is 11.8. The first kappa shape index (κ1) is 15.1. The Hall–Kier alpha value is -1.92. The fourth-order valence-corrected chi connectivity index (χ4v) is 1.69. The number of hydrogen-bond acceptors (Lipinski definition) is 4. The summed E-state index contributed by atoms with van der Waals surface area (Å²) in [5.74, 6) is -0.831. The van der Waals surface area contributed by atoms with E-state index in [1.165, 1.54) is 0 Å². The minimum Gasteiger partial charge on any atom is -0.395 e. The molecule has 1 aromatic carbocycles. The number of benzene rings is 1. The second-order valence-corrected chi connectivity index (χ2v) is 4.05.